The topological polar surface area (TPSA) is 105 Å². The number of ether oxygens (including phenoxy) is 1. The number of halogens is 2. The third kappa shape index (κ3) is 5.84. The number of barbiturate groups is 1. The van der Waals surface area contributed by atoms with Gasteiger partial charge in [-0.1, -0.05) is 35.4 Å². The molecule has 0 aromatic heterocycles. The molecule has 0 spiro atoms. The first-order valence-electron chi connectivity index (χ1n) is 11.1. The van der Waals surface area contributed by atoms with E-state index < -0.39 is 23.7 Å². The van der Waals surface area contributed by atoms with Gasteiger partial charge < -0.3 is 10.1 Å². The van der Waals surface area contributed by atoms with Crippen LogP contribution >= 0.6 is 11.6 Å². The number of amides is 5. The van der Waals surface area contributed by atoms with Gasteiger partial charge in [0.2, 0.25) is 0 Å². The van der Waals surface area contributed by atoms with Gasteiger partial charge in [-0.2, -0.15) is 0 Å². The molecule has 188 valence electrons. The molecule has 1 saturated heterocycles. The zero-order valence-electron chi connectivity index (χ0n) is 19.8. The van der Waals surface area contributed by atoms with E-state index in [9.17, 15) is 23.6 Å². The number of nitrogens with one attached hydrogen (secondary N) is 2. The van der Waals surface area contributed by atoms with Gasteiger partial charge in [0, 0.05) is 5.69 Å². The molecule has 0 saturated carbocycles. The minimum Gasteiger partial charge on any atom is -0.482 e. The lowest BCUT2D eigenvalue weighted by atomic mass is 10.1. The number of imide groups is 2. The summed E-state index contributed by atoms with van der Waals surface area (Å²) in [5, 5.41) is 5.01. The van der Waals surface area contributed by atoms with Crippen molar-refractivity contribution >= 4 is 52.8 Å². The van der Waals surface area contributed by atoms with Gasteiger partial charge in [-0.15, -0.1) is 0 Å². The Kier molecular flexibility index (Phi) is 7.35. The summed E-state index contributed by atoms with van der Waals surface area (Å²) in [6, 6.07) is 13.9. The van der Waals surface area contributed by atoms with Gasteiger partial charge >= 0.3 is 6.03 Å². The molecule has 1 aliphatic rings. The van der Waals surface area contributed by atoms with Crippen LogP contribution in [0.5, 0.6) is 5.75 Å². The zero-order chi connectivity index (χ0) is 26.7. The quantitative estimate of drug-likeness (QED) is 0.359. The molecule has 1 heterocycles. The Labute approximate surface area is 216 Å². The van der Waals surface area contributed by atoms with E-state index in [1.54, 1.807) is 0 Å². The number of rotatable bonds is 6. The number of anilines is 2. The molecule has 8 nitrogen and oxygen atoms in total. The standard InChI is InChI=1S/C27H21ClFN3O5/c1-15-3-9-22(16(2)11-15)30-24(33)14-37-23-10-4-17(13-21(23)28)12-20-25(34)31-27(36)32(26(20)35)19-7-5-18(29)6-8-19/h3-13H,14H2,1-2H3,(H,30,33)(H,31,34,36)/b20-12+. The van der Waals surface area contributed by atoms with Crippen LogP contribution in [0.4, 0.5) is 20.6 Å². The molecular weight excluding hydrogens is 501 g/mol. The third-order valence-electron chi connectivity index (χ3n) is 5.47. The third-order valence-corrected chi connectivity index (χ3v) is 5.76. The van der Waals surface area contributed by atoms with E-state index in [1.807, 2.05) is 32.0 Å². The Morgan fingerprint density at radius 2 is 1.78 bits per heavy atom. The fourth-order valence-electron chi connectivity index (χ4n) is 3.66. The molecule has 4 rings (SSSR count). The van der Waals surface area contributed by atoms with Gasteiger partial charge in [-0.05, 0) is 73.5 Å². The second-order valence-corrected chi connectivity index (χ2v) is 8.69. The van der Waals surface area contributed by atoms with Crippen molar-refractivity contribution in [2.24, 2.45) is 0 Å². The molecule has 1 fully saturated rings. The average molecular weight is 522 g/mol. The Hall–Kier alpha value is -4.50. The van der Waals surface area contributed by atoms with Gasteiger partial charge in [-0.3, -0.25) is 19.7 Å². The van der Waals surface area contributed by atoms with Crippen LogP contribution in [0.25, 0.3) is 6.08 Å². The smallest absolute Gasteiger partial charge is 0.335 e. The number of carbonyl (C=O) groups is 4. The maximum absolute atomic E-state index is 13.3. The molecule has 3 aromatic rings. The molecule has 0 aliphatic carbocycles. The second-order valence-electron chi connectivity index (χ2n) is 8.28. The van der Waals surface area contributed by atoms with Crippen LogP contribution in [0.15, 0.2) is 66.2 Å². The summed E-state index contributed by atoms with van der Waals surface area (Å²) in [7, 11) is 0. The number of aryl methyl sites for hydroxylation is 2. The molecule has 0 radical (unpaired) electrons. The summed E-state index contributed by atoms with van der Waals surface area (Å²) in [5.41, 5.74) is 2.84. The number of urea groups is 1. The first kappa shape index (κ1) is 25.6. The van der Waals surface area contributed by atoms with E-state index in [2.05, 4.69) is 10.6 Å². The second kappa shape index (κ2) is 10.6. The molecule has 0 unspecified atom stereocenters. The summed E-state index contributed by atoms with van der Waals surface area (Å²) < 4.78 is 18.8. The minimum absolute atomic E-state index is 0.100. The van der Waals surface area contributed by atoms with Crippen LogP contribution in [0.2, 0.25) is 5.02 Å². The summed E-state index contributed by atoms with van der Waals surface area (Å²) in [6.45, 7) is 3.56. The largest absolute Gasteiger partial charge is 0.482 e. The molecule has 5 amide bonds. The van der Waals surface area contributed by atoms with Gasteiger partial charge in [0.1, 0.15) is 17.1 Å². The highest BCUT2D eigenvalue weighted by atomic mass is 35.5. The fourth-order valence-corrected chi connectivity index (χ4v) is 3.90. The lowest BCUT2D eigenvalue weighted by Crippen LogP contribution is -2.54. The SMILES string of the molecule is Cc1ccc(NC(=O)COc2ccc(/C=C3\C(=O)NC(=O)N(c4ccc(F)cc4)C3=O)cc2Cl)c(C)c1. The summed E-state index contributed by atoms with van der Waals surface area (Å²) in [5.74, 6) is -2.45. The van der Waals surface area contributed by atoms with Crippen molar-refractivity contribution in [3.63, 3.8) is 0 Å². The van der Waals surface area contributed by atoms with Crippen LogP contribution in [0.1, 0.15) is 16.7 Å². The van der Waals surface area contributed by atoms with E-state index in [4.69, 9.17) is 16.3 Å². The number of benzene rings is 3. The molecule has 0 bridgehead atoms. The molecule has 0 atom stereocenters. The summed E-state index contributed by atoms with van der Waals surface area (Å²) >= 11 is 6.30. The highest BCUT2D eigenvalue weighted by Gasteiger charge is 2.36. The van der Waals surface area contributed by atoms with Crippen LogP contribution in [0.3, 0.4) is 0 Å². The molecule has 3 aromatic carbocycles. The fraction of sp³-hybridized carbons (Fsp3) is 0.111. The van der Waals surface area contributed by atoms with E-state index in [0.29, 0.717) is 11.3 Å². The normalized spacial score (nSPS) is 14.5. The molecule has 37 heavy (non-hydrogen) atoms. The van der Waals surface area contributed by atoms with E-state index >= 15 is 0 Å². The maximum atomic E-state index is 13.3. The predicted molar refractivity (Wildman–Crippen MR) is 137 cm³/mol. The van der Waals surface area contributed by atoms with Crippen molar-refractivity contribution in [3.05, 3.63) is 93.8 Å². The van der Waals surface area contributed by atoms with Crippen molar-refractivity contribution in [2.45, 2.75) is 13.8 Å². The monoisotopic (exact) mass is 521 g/mol. The number of carbonyl (C=O) groups excluding carboxylic acids is 4. The lowest BCUT2D eigenvalue weighted by molar-refractivity contribution is -0.122. The Morgan fingerprint density at radius 3 is 2.46 bits per heavy atom. The Bertz CT molecular complexity index is 1450. The van der Waals surface area contributed by atoms with Crippen molar-refractivity contribution < 1.29 is 28.3 Å². The van der Waals surface area contributed by atoms with Gasteiger partial charge in [-0.25, -0.2) is 14.1 Å². The van der Waals surface area contributed by atoms with E-state index in [1.165, 1.54) is 36.4 Å². The van der Waals surface area contributed by atoms with Gasteiger partial charge in [0.05, 0.1) is 10.7 Å². The highest BCUT2D eigenvalue weighted by Crippen LogP contribution is 2.28. The Morgan fingerprint density at radius 1 is 1.05 bits per heavy atom. The van der Waals surface area contributed by atoms with E-state index in [0.717, 1.165) is 28.2 Å². The maximum Gasteiger partial charge on any atom is 0.335 e. The predicted octanol–water partition coefficient (Wildman–Crippen LogP) is 4.78. The number of hydrogen-bond donors (Lipinski definition) is 2. The number of hydrogen-bond acceptors (Lipinski definition) is 5. The van der Waals surface area contributed by atoms with Crippen molar-refractivity contribution in [2.75, 3.05) is 16.8 Å². The van der Waals surface area contributed by atoms with Crippen molar-refractivity contribution in [3.8, 4) is 5.75 Å². The highest BCUT2D eigenvalue weighted by molar-refractivity contribution is 6.39. The van der Waals surface area contributed by atoms with Gasteiger partial charge in [0.25, 0.3) is 17.7 Å². The van der Waals surface area contributed by atoms with Crippen LogP contribution in [-0.4, -0.2) is 30.4 Å². The van der Waals surface area contributed by atoms with Crippen LogP contribution in [-0.2, 0) is 14.4 Å². The Balaban J connectivity index is 1.47. The van der Waals surface area contributed by atoms with Gasteiger partial charge in [0.15, 0.2) is 6.61 Å². The van der Waals surface area contributed by atoms with Crippen LogP contribution in [0, 0.1) is 19.7 Å². The zero-order valence-corrected chi connectivity index (χ0v) is 20.6. The lowest BCUT2D eigenvalue weighted by Gasteiger charge is -2.26. The van der Waals surface area contributed by atoms with Crippen LogP contribution < -0.4 is 20.3 Å². The first-order valence-corrected chi connectivity index (χ1v) is 11.5. The first-order chi connectivity index (χ1) is 17.6. The van der Waals surface area contributed by atoms with Crippen molar-refractivity contribution in [1.29, 1.82) is 0 Å². The average Bonchev–Trinajstić information content (AvgIpc) is 2.84. The molecule has 1 aliphatic heterocycles. The summed E-state index contributed by atoms with van der Waals surface area (Å²) in [4.78, 5) is 50.6. The summed E-state index contributed by atoms with van der Waals surface area (Å²) in [6.07, 6.45) is 1.27. The molecule has 10 heteroatoms. The van der Waals surface area contributed by atoms with E-state index in [-0.39, 0.29) is 34.5 Å². The molecule has 2 N–H and O–H groups in total. The van der Waals surface area contributed by atoms with Crippen molar-refractivity contribution in [1.82, 2.24) is 5.32 Å². The molecular formula is C27H21ClFN3O5. The minimum atomic E-state index is -0.945. The number of nitrogens with zero attached hydrogens (tertiary/aromatic N) is 1.